The van der Waals surface area contributed by atoms with Crippen LogP contribution >= 0.6 is 11.3 Å². The summed E-state index contributed by atoms with van der Waals surface area (Å²) in [4.78, 5) is 0. The molecule has 21 heavy (non-hydrogen) atoms. The molecule has 0 aliphatic heterocycles. The first-order chi connectivity index (χ1) is 9.60. The molecule has 2 aromatic rings. The zero-order valence-corrected chi connectivity index (χ0v) is 11.1. The number of nitrogens with two attached hydrogens (primary N) is 1. The third-order valence-electron chi connectivity index (χ3n) is 2.92. The summed E-state index contributed by atoms with van der Waals surface area (Å²) in [5, 5.41) is 3.19. The van der Waals surface area contributed by atoms with E-state index >= 15 is 0 Å². The minimum absolute atomic E-state index is 0.0988. The SMILES string of the molecule is N[C@@H](c1ccsc1)c1ccc(C(F)(F)F)cc1C(F)(F)F. The number of hydrogen-bond donors (Lipinski definition) is 1. The van der Waals surface area contributed by atoms with Crippen molar-refractivity contribution in [2.75, 3.05) is 0 Å². The normalized spacial score (nSPS) is 14.2. The Hall–Kier alpha value is -1.54. The summed E-state index contributed by atoms with van der Waals surface area (Å²) in [6, 6.07) is 1.90. The average Bonchev–Trinajstić information content (AvgIpc) is 2.89. The third-order valence-corrected chi connectivity index (χ3v) is 3.62. The maximum absolute atomic E-state index is 13.0. The fourth-order valence-electron chi connectivity index (χ4n) is 1.88. The van der Waals surface area contributed by atoms with E-state index in [-0.39, 0.29) is 11.6 Å². The quantitative estimate of drug-likeness (QED) is 0.786. The van der Waals surface area contributed by atoms with Gasteiger partial charge in [-0.25, -0.2) is 0 Å². The second-order valence-corrected chi connectivity index (χ2v) is 5.11. The van der Waals surface area contributed by atoms with E-state index in [0.29, 0.717) is 11.6 Å². The summed E-state index contributed by atoms with van der Waals surface area (Å²) in [7, 11) is 0. The topological polar surface area (TPSA) is 26.0 Å². The Morgan fingerprint density at radius 3 is 2.10 bits per heavy atom. The van der Waals surface area contributed by atoms with Gasteiger partial charge in [0, 0.05) is 0 Å². The lowest BCUT2D eigenvalue weighted by molar-refractivity contribution is -0.143. The van der Waals surface area contributed by atoms with Crippen molar-refractivity contribution < 1.29 is 26.3 Å². The molecule has 0 bridgehead atoms. The monoisotopic (exact) mass is 325 g/mol. The van der Waals surface area contributed by atoms with Gasteiger partial charge in [0.1, 0.15) is 0 Å². The minimum atomic E-state index is -4.91. The molecule has 1 aromatic heterocycles. The van der Waals surface area contributed by atoms with E-state index in [0.717, 1.165) is 6.07 Å². The Kier molecular flexibility index (Phi) is 4.03. The van der Waals surface area contributed by atoms with Gasteiger partial charge in [0.2, 0.25) is 0 Å². The summed E-state index contributed by atoms with van der Waals surface area (Å²) in [6.07, 6.45) is -9.75. The van der Waals surface area contributed by atoms with Crippen molar-refractivity contribution in [1.82, 2.24) is 0 Å². The Balaban J connectivity index is 2.56. The summed E-state index contributed by atoms with van der Waals surface area (Å²) in [6.45, 7) is 0. The lowest BCUT2D eigenvalue weighted by atomic mass is 9.94. The Morgan fingerprint density at radius 2 is 1.62 bits per heavy atom. The fourth-order valence-corrected chi connectivity index (χ4v) is 2.58. The largest absolute Gasteiger partial charge is 0.416 e. The van der Waals surface area contributed by atoms with Crippen LogP contribution in [0.25, 0.3) is 0 Å². The highest BCUT2D eigenvalue weighted by Crippen LogP contribution is 2.39. The molecular formula is C13H9F6NS. The van der Waals surface area contributed by atoms with Gasteiger partial charge in [-0.05, 0) is 40.1 Å². The molecule has 0 spiro atoms. The van der Waals surface area contributed by atoms with Gasteiger partial charge in [-0.15, -0.1) is 0 Å². The molecule has 2 rings (SSSR count). The smallest absolute Gasteiger partial charge is 0.320 e. The number of halogens is 6. The molecule has 1 nitrogen and oxygen atoms in total. The Bertz CT molecular complexity index is 615. The average molecular weight is 325 g/mol. The molecule has 1 atom stereocenters. The molecule has 0 saturated heterocycles. The summed E-state index contributed by atoms with van der Waals surface area (Å²) in [5.41, 5.74) is 3.07. The first-order valence-corrected chi connectivity index (χ1v) is 6.61. The van der Waals surface area contributed by atoms with Crippen LogP contribution in [0.3, 0.4) is 0 Å². The van der Waals surface area contributed by atoms with Gasteiger partial charge in [-0.3, -0.25) is 0 Å². The molecule has 0 aliphatic rings. The molecule has 1 aromatic carbocycles. The first-order valence-electron chi connectivity index (χ1n) is 5.66. The fraction of sp³-hybridized carbons (Fsp3) is 0.231. The number of alkyl halides is 6. The Labute approximate surface area is 120 Å². The molecule has 0 saturated carbocycles. The van der Waals surface area contributed by atoms with E-state index in [4.69, 9.17) is 5.73 Å². The van der Waals surface area contributed by atoms with Crippen molar-refractivity contribution in [3.8, 4) is 0 Å². The van der Waals surface area contributed by atoms with Crippen molar-refractivity contribution in [1.29, 1.82) is 0 Å². The lowest BCUT2D eigenvalue weighted by Gasteiger charge is -2.19. The molecule has 2 N–H and O–H groups in total. The predicted molar refractivity (Wildman–Crippen MR) is 66.8 cm³/mol. The molecule has 0 unspecified atom stereocenters. The first kappa shape index (κ1) is 15.8. The molecule has 1 heterocycles. The zero-order chi connectivity index (χ0) is 15.8. The van der Waals surface area contributed by atoms with Crippen LogP contribution in [-0.4, -0.2) is 0 Å². The van der Waals surface area contributed by atoms with Crippen LogP contribution < -0.4 is 5.73 Å². The molecular weight excluding hydrogens is 316 g/mol. The van der Waals surface area contributed by atoms with E-state index < -0.39 is 29.5 Å². The van der Waals surface area contributed by atoms with E-state index in [1.165, 1.54) is 17.4 Å². The van der Waals surface area contributed by atoms with Crippen LogP contribution in [0, 0.1) is 0 Å². The summed E-state index contributed by atoms with van der Waals surface area (Å²) < 4.78 is 76.7. The van der Waals surface area contributed by atoms with Crippen molar-refractivity contribution >= 4 is 11.3 Å². The Morgan fingerprint density at radius 1 is 0.952 bits per heavy atom. The molecule has 0 radical (unpaired) electrons. The highest BCUT2D eigenvalue weighted by atomic mass is 32.1. The minimum Gasteiger partial charge on any atom is -0.320 e. The molecule has 8 heteroatoms. The predicted octanol–water partition coefficient (Wildman–Crippen LogP) is 4.83. The number of rotatable bonds is 2. The second kappa shape index (κ2) is 5.34. The van der Waals surface area contributed by atoms with Gasteiger partial charge in [-0.2, -0.15) is 37.7 Å². The zero-order valence-electron chi connectivity index (χ0n) is 10.3. The van der Waals surface area contributed by atoms with E-state index in [1.807, 2.05) is 0 Å². The van der Waals surface area contributed by atoms with Crippen LogP contribution in [-0.2, 0) is 12.4 Å². The maximum Gasteiger partial charge on any atom is 0.416 e. The van der Waals surface area contributed by atoms with Crippen LogP contribution in [0.4, 0.5) is 26.3 Å². The van der Waals surface area contributed by atoms with Crippen molar-refractivity contribution in [3.05, 3.63) is 57.3 Å². The van der Waals surface area contributed by atoms with Crippen molar-refractivity contribution in [2.45, 2.75) is 18.4 Å². The molecule has 114 valence electrons. The number of thiophene rings is 1. The van der Waals surface area contributed by atoms with E-state index in [9.17, 15) is 26.3 Å². The van der Waals surface area contributed by atoms with E-state index in [1.54, 1.807) is 10.8 Å². The van der Waals surface area contributed by atoms with Gasteiger partial charge in [0.05, 0.1) is 17.2 Å². The van der Waals surface area contributed by atoms with E-state index in [2.05, 4.69) is 0 Å². The van der Waals surface area contributed by atoms with Gasteiger partial charge >= 0.3 is 12.4 Å². The molecule has 0 fully saturated rings. The standard InChI is InChI=1S/C13H9F6NS/c14-12(15,16)8-1-2-9(10(5-8)13(17,18)19)11(20)7-3-4-21-6-7/h1-6,11H,20H2/t11-/m0/s1. The number of hydrogen-bond acceptors (Lipinski definition) is 2. The van der Waals surface area contributed by atoms with Crippen LogP contribution in [0.2, 0.25) is 0 Å². The highest BCUT2D eigenvalue weighted by Gasteiger charge is 2.39. The summed E-state index contributed by atoms with van der Waals surface area (Å²) >= 11 is 1.24. The van der Waals surface area contributed by atoms with Crippen LogP contribution in [0.1, 0.15) is 28.3 Å². The maximum atomic E-state index is 13.0. The van der Waals surface area contributed by atoms with Gasteiger partial charge in [0.25, 0.3) is 0 Å². The van der Waals surface area contributed by atoms with Gasteiger partial charge in [-0.1, -0.05) is 6.07 Å². The van der Waals surface area contributed by atoms with Crippen molar-refractivity contribution in [3.63, 3.8) is 0 Å². The van der Waals surface area contributed by atoms with Crippen LogP contribution in [0.15, 0.2) is 35.0 Å². The molecule has 0 amide bonds. The third kappa shape index (κ3) is 3.38. The second-order valence-electron chi connectivity index (χ2n) is 4.33. The molecule has 0 aliphatic carbocycles. The highest BCUT2D eigenvalue weighted by molar-refractivity contribution is 7.08. The summed E-state index contributed by atoms with van der Waals surface area (Å²) in [5.74, 6) is 0. The van der Waals surface area contributed by atoms with Gasteiger partial charge in [0.15, 0.2) is 0 Å². The van der Waals surface area contributed by atoms with Gasteiger partial charge < -0.3 is 5.73 Å². The van der Waals surface area contributed by atoms with Crippen LogP contribution in [0.5, 0.6) is 0 Å². The lowest BCUT2D eigenvalue weighted by Crippen LogP contribution is -2.19. The van der Waals surface area contributed by atoms with Crippen molar-refractivity contribution in [2.24, 2.45) is 5.73 Å². The number of benzene rings is 1.